The minimum absolute atomic E-state index is 0.0783. The molecule has 0 spiro atoms. The fraction of sp³-hybridized carbons (Fsp3) is 0.429. The van der Waals surface area contributed by atoms with Crippen molar-refractivity contribution in [3.05, 3.63) is 41.5 Å². The van der Waals surface area contributed by atoms with Gasteiger partial charge >= 0.3 is 6.03 Å². The Labute approximate surface area is 183 Å². The van der Waals surface area contributed by atoms with Crippen molar-refractivity contribution in [2.45, 2.75) is 51.9 Å². The molecule has 32 heavy (non-hydrogen) atoms. The number of carbonyl (C=O) groups is 2. The van der Waals surface area contributed by atoms with Crippen molar-refractivity contribution in [3.8, 4) is 0 Å². The normalized spacial score (nSPS) is 20.4. The first kappa shape index (κ1) is 21.6. The number of halogens is 2. The number of nitrogens with one attached hydrogen (secondary N) is 1. The highest BCUT2D eigenvalue weighted by Gasteiger charge is 2.38. The van der Waals surface area contributed by atoms with Crippen LogP contribution in [-0.4, -0.2) is 56.6 Å². The molecule has 9 nitrogen and oxygen atoms in total. The lowest BCUT2D eigenvalue weighted by atomic mass is 10.1. The molecule has 3 amide bonds. The summed E-state index contributed by atoms with van der Waals surface area (Å²) in [5.41, 5.74) is 2.00. The number of amides is 3. The van der Waals surface area contributed by atoms with Gasteiger partial charge in [-0.25, -0.2) is 18.6 Å². The maximum atomic E-state index is 13.0. The van der Waals surface area contributed by atoms with Gasteiger partial charge in [0.2, 0.25) is 5.91 Å². The molecule has 0 unspecified atom stereocenters. The standard InChI is InChI=1S/C21H23F2N7O2/c1-12-10-29-18(17(9-26-29)30-13(2)14(8-24-3)6-19(30)31)11-28(12)21(32)27-15-4-5-25-16(7-15)20(22)23/h4-5,7,9,12-13,20H,6,10-11H2,1-3H3,(H,25,27,32)/t12-,13-/m0/s1. The number of alkyl halides is 2. The van der Waals surface area contributed by atoms with Crippen LogP contribution in [-0.2, 0) is 17.9 Å². The van der Waals surface area contributed by atoms with E-state index >= 15 is 0 Å². The zero-order valence-electron chi connectivity index (χ0n) is 17.9. The predicted octanol–water partition coefficient (Wildman–Crippen LogP) is 3.00. The second kappa shape index (κ2) is 8.51. The number of anilines is 2. The topological polar surface area (TPSA) is 95.7 Å². The van der Waals surface area contributed by atoms with Crippen molar-refractivity contribution in [2.75, 3.05) is 17.3 Å². The fourth-order valence-electron chi connectivity index (χ4n) is 4.09. The van der Waals surface area contributed by atoms with E-state index in [2.05, 4.69) is 26.3 Å². The summed E-state index contributed by atoms with van der Waals surface area (Å²) in [6.07, 6.45) is 0.379. The van der Waals surface area contributed by atoms with E-state index in [1.807, 2.05) is 13.8 Å². The van der Waals surface area contributed by atoms with Crippen molar-refractivity contribution in [3.63, 3.8) is 0 Å². The fourth-order valence-corrected chi connectivity index (χ4v) is 4.09. The van der Waals surface area contributed by atoms with Crippen LogP contribution >= 0.6 is 0 Å². The lowest BCUT2D eigenvalue weighted by molar-refractivity contribution is -0.116. The van der Waals surface area contributed by atoms with Gasteiger partial charge in [-0.1, -0.05) is 0 Å². The number of hydrogen-bond acceptors (Lipinski definition) is 5. The van der Waals surface area contributed by atoms with E-state index < -0.39 is 18.2 Å². The van der Waals surface area contributed by atoms with Gasteiger partial charge in [-0.3, -0.25) is 14.5 Å². The second-order valence-electron chi connectivity index (χ2n) is 7.81. The summed E-state index contributed by atoms with van der Waals surface area (Å²) in [5.74, 6) is 2.81. The monoisotopic (exact) mass is 443 g/mol. The van der Waals surface area contributed by atoms with Crippen molar-refractivity contribution < 1.29 is 18.4 Å². The Morgan fingerprint density at radius 2 is 2.16 bits per heavy atom. The quantitative estimate of drug-likeness (QED) is 0.738. The largest absolute Gasteiger partial charge is 0.322 e. The number of carbonyl (C=O) groups excluding carboxylic acids is 2. The number of hydrogen-bond donors (Lipinski definition) is 1. The van der Waals surface area contributed by atoms with Crippen LogP contribution in [0.1, 0.15) is 38.1 Å². The van der Waals surface area contributed by atoms with Crippen LogP contribution in [0.15, 0.2) is 35.1 Å². The first-order valence-electron chi connectivity index (χ1n) is 10.2. The molecule has 2 atom stereocenters. The lowest BCUT2D eigenvalue weighted by Gasteiger charge is -2.35. The average molecular weight is 443 g/mol. The smallest absolute Gasteiger partial charge is 0.314 e. The second-order valence-corrected chi connectivity index (χ2v) is 7.81. The van der Waals surface area contributed by atoms with Crippen molar-refractivity contribution in [2.24, 2.45) is 4.99 Å². The molecule has 168 valence electrons. The zero-order chi connectivity index (χ0) is 23.0. The third-order valence-corrected chi connectivity index (χ3v) is 5.75. The summed E-state index contributed by atoms with van der Waals surface area (Å²) < 4.78 is 27.6. The van der Waals surface area contributed by atoms with Crippen LogP contribution in [0.25, 0.3) is 0 Å². The van der Waals surface area contributed by atoms with E-state index in [4.69, 9.17) is 0 Å². The Morgan fingerprint density at radius 3 is 2.88 bits per heavy atom. The highest BCUT2D eigenvalue weighted by Crippen LogP contribution is 2.34. The van der Waals surface area contributed by atoms with Crippen LogP contribution in [0.3, 0.4) is 0 Å². The molecule has 0 saturated carbocycles. The van der Waals surface area contributed by atoms with Gasteiger partial charge in [-0.05, 0) is 31.9 Å². The number of aromatic nitrogens is 3. The third kappa shape index (κ3) is 3.87. The highest BCUT2D eigenvalue weighted by molar-refractivity contribution is 6.02. The van der Waals surface area contributed by atoms with Crippen molar-refractivity contribution in [1.29, 1.82) is 0 Å². The summed E-state index contributed by atoms with van der Waals surface area (Å²) >= 11 is 0. The number of nitrogens with zero attached hydrogens (tertiary/aromatic N) is 6. The summed E-state index contributed by atoms with van der Waals surface area (Å²) in [6, 6.07) is 1.77. The van der Waals surface area contributed by atoms with Crippen LogP contribution in [0, 0.1) is 0 Å². The Bertz CT molecular complexity index is 1120. The molecule has 4 rings (SSSR count). The summed E-state index contributed by atoms with van der Waals surface area (Å²) in [6.45, 7) is 4.44. The molecule has 0 bridgehead atoms. The van der Waals surface area contributed by atoms with E-state index in [0.717, 1.165) is 17.3 Å². The van der Waals surface area contributed by atoms with Gasteiger partial charge in [-0.15, -0.1) is 0 Å². The summed E-state index contributed by atoms with van der Waals surface area (Å²) in [7, 11) is 1.61. The Morgan fingerprint density at radius 1 is 1.38 bits per heavy atom. The molecule has 2 aromatic rings. The molecular weight excluding hydrogens is 420 g/mol. The van der Waals surface area contributed by atoms with Crippen LogP contribution in [0.5, 0.6) is 0 Å². The highest BCUT2D eigenvalue weighted by atomic mass is 19.3. The molecule has 0 aliphatic carbocycles. The maximum Gasteiger partial charge on any atom is 0.322 e. The van der Waals surface area contributed by atoms with Gasteiger partial charge in [0.05, 0.1) is 49.2 Å². The third-order valence-electron chi connectivity index (χ3n) is 5.75. The van der Waals surface area contributed by atoms with Crippen LogP contribution in [0.2, 0.25) is 0 Å². The minimum atomic E-state index is -2.73. The number of rotatable bonds is 3. The Kier molecular flexibility index (Phi) is 5.75. The lowest BCUT2D eigenvalue weighted by Crippen LogP contribution is -2.47. The maximum absolute atomic E-state index is 13.0. The first-order chi connectivity index (χ1) is 15.3. The van der Waals surface area contributed by atoms with Crippen LogP contribution in [0.4, 0.5) is 25.0 Å². The number of pyridine rings is 1. The molecule has 1 fully saturated rings. The van der Waals surface area contributed by atoms with Gasteiger partial charge in [0, 0.05) is 24.5 Å². The molecule has 0 radical (unpaired) electrons. The summed E-state index contributed by atoms with van der Waals surface area (Å²) in [4.78, 5) is 36.4. The van der Waals surface area contributed by atoms with Gasteiger partial charge in [0.1, 0.15) is 5.69 Å². The van der Waals surface area contributed by atoms with Crippen molar-refractivity contribution >= 4 is 29.2 Å². The molecular formula is C21H23F2N7O2. The van der Waals surface area contributed by atoms with Gasteiger partial charge < -0.3 is 15.1 Å². The molecule has 1 N–H and O–H groups in total. The average Bonchev–Trinajstić information content (AvgIpc) is 3.27. The molecule has 2 aliphatic heterocycles. The van der Waals surface area contributed by atoms with E-state index in [9.17, 15) is 18.4 Å². The summed E-state index contributed by atoms with van der Waals surface area (Å²) in [5, 5.41) is 7.09. The Balaban J connectivity index is 1.58. The first-order valence-corrected chi connectivity index (χ1v) is 10.2. The number of aliphatic imine (C=N–C) groups is 1. The van der Waals surface area contributed by atoms with E-state index in [0.29, 0.717) is 12.2 Å². The number of urea groups is 1. The van der Waals surface area contributed by atoms with E-state index in [1.165, 1.54) is 12.3 Å². The molecule has 2 aromatic heterocycles. The SMILES string of the molecule is CN=C=C1CC(=O)N(c2cnn3c2CN(C(=O)Nc2ccnc(C(F)F)c2)[C@@H](C)C3)[C@H]1C. The Hall–Kier alpha value is -3.59. The minimum Gasteiger partial charge on any atom is -0.314 e. The number of fused-ring (bicyclic) bond motifs is 1. The van der Waals surface area contributed by atoms with Crippen LogP contribution < -0.4 is 10.2 Å². The zero-order valence-corrected chi connectivity index (χ0v) is 17.9. The predicted molar refractivity (Wildman–Crippen MR) is 114 cm³/mol. The van der Waals surface area contributed by atoms with Gasteiger partial charge in [-0.2, -0.15) is 5.10 Å². The van der Waals surface area contributed by atoms with E-state index in [-0.39, 0.29) is 36.6 Å². The van der Waals surface area contributed by atoms with E-state index in [1.54, 1.807) is 27.7 Å². The molecule has 2 aliphatic rings. The van der Waals surface area contributed by atoms with Gasteiger partial charge in [0.15, 0.2) is 0 Å². The molecule has 11 heteroatoms. The molecule has 1 saturated heterocycles. The van der Waals surface area contributed by atoms with Crippen molar-refractivity contribution in [1.82, 2.24) is 19.7 Å². The molecule has 4 heterocycles. The molecule has 0 aromatic carbocycles. The van der Waals surface area contributed by atoms with Gasteiger partial charge in [0.25, 0.3) is 6.43 Å².